The number of hydrogen-bond donors (Lipinski definition) is 1. The van der Waals surface area contributed by atoms with Gasteiger partial charge in [0.15, 0.2) is 0 Å². The number of nitrogens with zero attached hydrogens (tertiary/aromatic N) is 1. The Labute approximate surface area is 86.2 Å². The van der Waals surface area contributed by atoms with Crippen molar-refractivity contribution < 1.29 is 4.79 Å². The van der Waals surface area contributed by atoms with Crippen LogP contribution in [0.15, 0.2) is 12.7 Å². The molecule has 1 aliphatic carbocycles. The molecular weight excluding hydrogens is 176 g/mol. The second-order valence-electron chi connectivity index (χ2n) is 3.80. The van der Waals surface area contributed by atoms with E-state index in [0.717, 1.165) is 19.0 Å². The van der Waals surface area contributed by atoms with E-state index in [2.05, 4.69) is 11.9 Å². The van der Waals surface area contributed by atoms with Gasteiger partial charge in [-0.1, -0.05) is 6.08 Å². The summed E-state index contributed by atoms with van der Waals surface area (Å²) in [5, 5.41) is 3.03. The van der Waals surface area contributed by atoms with Crippen LogP contribution in [0.2, 0.25) is 0 Å². The molecule has 1 N–H and O–H groups in total. The molecule has 0 aromatic carbocycles. The van der Waals surface area contributed by atoms with Gasteiger partial charge in [0.1, 0.15) is 0 Å². The van der Waals surface area contributed by atoms with E-state index < -0.39 is 0 Å². The van der Waals surface area contributed by atoms with Gasteiger partial charge in [0, 0.05) is 19.6 Å². The third-order valence-corrected chi connectivity index (χ3v) is 2.47. The summed E-state index contributed by atoms with van der Waals surface area (Å²) in [5.41, 5.74) is 0. The van der Waals surface area contributed by atoms with Crippen LogP contribution in [-0.2, 0) is 4.79 Å². The molecule has 1 fully saturated rings. The number of carbonyl (C=O) groups excluding carboxylic acids is 1. The molecule has 0 spiro atoms. The largest absolute Gasteiger partial charge is 0.342 e. The first-order chi connectivity index (χ1) is 6.77. The minimum Gasteiger partial charge on any atom is -0.342 e. The van der Waals surface area contributed by atoms with Crippen molar-refractivity contribution >= 4 is 5.91 Å². The monoisotopic (exact) mass is 196 g/mol. The maximum atomic E-state index is 11.6. The van der Waals surface area contributed by atoms with E-state index >= 15 is 0 Å². The van der Waals surface area contributed by atoms with Gasteiger partial charge in [-0.3, -0.25) is 4.79 Å². The predicted molar refractivity (Wildman–Crippen MR) is 58.0 cm³/mol. The molecule has 0 radical (unpaired) electrons. The molecule has 14 heavy (non-hydrogen) atoms. The molecule has 1 saturated carbocycles. The van der Waals surface area contributed by atoms with Crippen molar-refractivity contribution in [3.8, 4) is 0 Å². The zero-order valence-electron chi connectivity index (χ0n) is 8.96. The average Bonchev–Trinajstić information content (AvgIpc) is 2.98. The highest BCUT2D eigenvalue weighted by molar-refractivity contribution is 5.78. The van der Waals surface area contributed by atoms with Crippen LogP contribution in [0.5, 0.6) is 0 Å². The summed E-state index contributed by atoms with van der Waals surface area (Å²) in [7, 11) is 0. The van der Waals surface area contributed by atoms with E-state index in [1.807, 2.05) is 11.8 Å². The van der Waals surface area contributed by atoms with E-state index in [0.29, 0.717) is 13.1 Å². The standard InChI is InChI=1S/C11H20N2O/c1-3-7-12-8-11(14)13(4-2)9-10-5-6-10/h3,10,12H,1,4-9H2,2H3. The lowest BCUT2D eigenvalue weighted by Crippen LogP contribution is -2.39. The van der Waals surface area contributed by atoms with Crippen molar-refractivity contribution in [2.45, 2.75) is 19.8 Å². The van der Waals surface area contributed by atoms with Crippen LogP contribution in [0.4, 0.5) is 0 Å². The maximum absolute atomic E-state index is 11.6. The van der Waals surface area contributed by atoms with E-state index in [9.17, 15) is 4.79 Å². The van der Waals surface area contributed by atoms with Gasteiger partial charge in [0.2, 0.25) is 5.91 Å². The number of likely N-dealkylation sites (N-methyl/N-ethyl adjacent to an activating group) is 1. The van der Waals surface area contributed by atoms with Crippen LogP contribution in [0, 0.1) is 5.92 Å². The van der Waals surface area contributed by atoms with Gasteiger partial charge < -0.3 is 10.2 Å². The molecule has 0 heterocycles. The first-order valence-electron chi connectivity index (χ1n) is 5.37. The highest BCUT2D eigenvalue weighted by Crippen LogP contribution is 2.29. The molecule has 0 aliphatic heterocycles. The van der Waals surface area contributed by atoms with Gasteiger partial charge in [-0.15, -0.1) is 6.58 Å². The molecule has 1 rings (SSSR count). The van der Waals surface area contributed by atoms with Crippen LogP contribution in [0.1, 0.15) is 19.8 Å². The Morgan fingerprint density at radius 2 is 2.36 bits per heavy atom. The van der Waals surface area contributed by atoms with Crippen molar-refractivity contribution in [2.24, 2.45) is 5.92 Å². The van der Waals surface area contributed by atoms with Crippen molar-refractivity contribution in [2.75, 3.05) is 26.2 Å². The minimum absolute atomic E-state index is 0.209. The van der Waals surface area contributed by atoms with Gasteiger partial charge in [-0.2, -0.15) is 0 Å². The molecule has 0 aromatic heterocycles. The van der Waals surface area contributed by atoms with Crippen LogP contribution in [-0.4, -0.2) is 37.0 Å². The minimum atomic E-state index is 0.209. The molecule has 3 heteroatoms. The highest BCUT2D eigenvalue weighted by atomic mass is 16.2. The van der Waals surface area contributed by atoms with Crippen molar-refractivity contribution in [3.63, 3.8) is 0 Å². The molecular formula is C11H20N2O. The number of carbonyl (C=O) groups is 1. The summed E-state index contributed by atoms with van der Waals surface area (Å²) in [6.45, 7) is 8.54. The molecule has 3 nitrogen and oxygen atoms in total. The molecule has 1 aliphatic rings. The molecule has 0 saturated heterocycles. The smallest absolute Gasteiger partial charge is 0.236 e. The van der Waals surface area contributed by atoms with Gasteiger partial charge in [-0.05, 0) is 25.7 Å². The molecule has 80 valence electrons. The average molecular weight is 196 g/mol. The summed E-state index contributed by atoms with van der Waals surface area (Å²) in [5.74, 6) is 0.986. The Morgan fingerprint density at radius 1 is 1.64 bits per heavy atom. The molecule has 0 atom stereocenters. The zero-order chi connectivity index (χ0) is 10.4. The summed E-state index contributed by atoms with van der Waals surface area (Å²) in [4.78, 5) is 13.6. The predicted octanol–water partition coefficient (Wildman–Crippen LogP) is 1.02. The number of hydrogen-bond acceptors (Lipinski definition) is 2. The van der Waals surface area contributed by atoms with E-state index in [1.54, 1.807) is 6.08 Å². The van der Waals surface area contributed by atoms with E-state index in [4.69, 9.17) is 0 Å². The van der Waals surface area contributed by atoms with Crippen LogP contribution in [0.3, 0.4) is 0 Å². The fourth-order valence-corrected chi connectivity index (χ4v) is 1.41. The lowest BCUT2D eigenvalue weighted by molar-refractivity contribution is -0.130. The van der Waals surface area contributed by atoms with Gasteiger partial charge in [0.05, 0.1) is 6.54 Å². The van der Waals surface area contributed by atoms with Crippen molar-refractivity contribution in [3.05, 3.63) is 12.7 Å². The third-order valence-electron chi connectivity index (χ3n) is 2.47. The molecule has 0 unspecified atom stereocenters. The fraction of sp³-hybridized carbons (Fsp3) is 0.727. The highest BCUT2D eigenvalue weighted by Gasteiger charge is 2.25. The van der Waals surface area contributed by atoms with Crippen molar-refractivity contribution in [1.82, 2.24) is 10.2 Å². The topological polar surface area (TPSA) is 32.3 Å². The van der Waals surface area contributed by atoms with Crippen molar-refractivity contribution in [1.29, 1.82) is 0 Å². The lowest BCUT2D eigenvalue weighted by atomic mass is 10.3. The summed E-state index contributed by atoms with van der Waals surface area (Å²) < 4.78 is 0. The normalized spacial score (nSPS) is 15.2. The van der Waals surface area contributed by atoms with E-state index in [1.165, 1.54) is 12.8 Å². The fourth-order valence-electron chi connectivity index (χ4n) is 1.41. The number of nitrogens with one attached hydrogen (secondary N) is 1. The molecule has 0 bridgehead atoms. The second-order valence-corrected chi connectivity index (χ2v) is 3.80. The Hall–Kier alpha value is -0.830. The maximum Gasteiger partial charge on any atom is 0.236 e. The first-order valence-corrected chi connectivity index (χ1v) is 5.37. The zero-order valence-corrected chi connectivity index (χ0v) is 8.96. The first kappa shape index (κ1) is 11.2. The van der Waals surface area contributed by atoms with Crippen LogP contribution >= 0.6 is 0 Å². The van der Waals surface area contributed by atoms with Gasteiger partial charge in [-0.25, -0.2) is 0 Å². The van der Waals surface area contributed by atoms with Crippen LogP contribution in [0.25, 0.3) is 0 Å². The molecule has 1 amide bonds. The third kappa shape index (κ3) is 3.92. The Bertz CT molecular complexity index is 199. The Morgan fingerprint density at radius 3 is 2.86 bits per heavy atom. The SMILES string of the molecule is C=CCNCC(=O)N(CC)CC1CC1. The van der Waals surface area contributed by atoms with Crippen LogP contribution < -0.4 is 5.32 Å². The quantitative estimate of drug-likeness (QED) is 0.487. The molecule has 0 aromatic rings. The summed E-state index contributed by atoms with van der Waals surface area (Å²) in [6, 6.07) is 0. The van der Waals surface area contributed by atoms with E-state index in [-0.39, 0.29) is 5.91 Å². The van der Waals surface area contributed by atoms with Gasteiger partial charge >= 0.3 is 0 Å². The second kappa shape index (κ2) is 5.81. The lowest BCUT2D eigenvalue weighted by Gasteiger charge is -2.20. The van der Waals surface area contributed by atoms with Gasteiger partial charge in [0.25, 0.3) is 0 Å². The summed E-state index contributed by atoms with van der Waals surface area (Å²) in [6.07, 6.45) is 4.36. The Kier molecular flexibility index (Phi) is 4.66. The summed E-state index contributed by atoms with van der Waals surface area (Å²) >= 11 is 0. The number of rotatable bonds is 7. The Balaban J connectivity index is 2.19. The number of amides is 1.